The number of piperazine rings is 1. The number of hydrogen-bond acceptors (Lipinski definition) is 3. The topological polar surface area (TPSA) is 64.4 Å². The molecule has 26 heavy (non-hydrogen) atoms. The van der Waals surface area contributed by atoms with Crippen molar-refractivity contribution in [3.05, 3.63) is 70.8 Å². The van der Waals surface area contributed by atoms with E-state index in [9.17, 15) is 14.9 Å². The lowest BCUT2D eigenvalue weighted by Crippen LogP contribution is -2.57. The second-order valence-corrected chi connectivity index (χ2v) is 6.58. The van der Waals surface area contributed by atoms with Gasteiger partial charge in [-0.1, -0.05) is 42.0 Å². The second kappa shape index (κ2) is 7.40. The number of carbonyl (C=O) groups is 2. The molecule has 1 fully saturated rings. The third-order valence-electron chi connectivity index (χ3n) is 4.78. The number of rotatable bonds is 3. The van der Waals surface area contributed by atoms with E-state index in [0.29, 0.717) is 30.8 Å². The molecule has 2 amide bonds. The van der Waals surface area contributed by atoms with Crippen LogP contribution >= 0.6 is 0 Å². The smallest absolute Gasteiger partial charge is 0.255 e. The van der Waals surface area contributed by atoms with E-state index in [2.05, 4.69) is 0 Å². The van der Waals surface area contributed by atoms with Gasteiger partial charge in [0.05, 0.1) is 17.2 Å². The van der Waals surface area contributed by atoms with Gasteiger partial charge in [-0.3, -0.25) is 9.59 Å². The Hall–Kier alpha value is -3.13. The largest absolute Gasteiger partial charge is 0.335 e. The first-order valence-electron chi connectivity index (χ1n) is 8.65. The Balaban J connectivity index is 1.74. The van der Waals surface area contributed by atoms with Gasteiger partial charge in [-0.15, -0.1) is 0 Å². The summed E-state index contributed by atoms with van der Waals surface area (Å²) in [6.07, 6.45) is 0. The highest BCUT2D eigenvalue weighted by atomic mass is 16.2. The van der Waals surface area contributed by atoms with E-state index in [1.165, 1.54) is 5.56 Å². The Bertz CT molecular complexity index is 868. The predicted octanol–water partition coefficient (Wildman–Crippen LogP) is 2.74. The van der Waals surface area contributed by atoms with E-state index in [1.54, 1.807) is 41.0 Å². The standard InChI is InChI=1S/C21H21N3O2/c1-15-7-9-17(10-8-15)14-23-11-12-24(16(2)20(23)25)21(26)19-6-4-3-5-18(19)13-22/h3-10,16H,11-12,14H2,1-2H3/t16-/m0/s1. The highest BCUT2D eigenvalue weighted by Gasteiger charge is 2.35. The molecular weight excluding hydrogens is 326 g/mol. The fraction of sp³-hybridized carbons (Fsp3) is 0.286. The maximum absolute atomic E-state index is 12.8. The summed E-state index contributed by atoms with van der Waals surface area (Å²) in [6, 6.07) is 16.3. The molecule has 0 aromatic heterocycles. The first kappa shape index (κ1) is 17.7. The summed E-state index contributed by atoms with van der Waals surface area (Å²) in [5, 5.41) is 9.21. The van der Waals surface area contributed by atoms with Gasteiger partial charge in [-0.25, -0.2) is 0 Å². The minimum absolute atomic E-state index is 0.0698. The predicted molar refractivity (Wildman–Crippen MR) is 98.3 cm³/mol. The van der Waals surface area contributed by atoms with Crippen LogP contribution in [0.1, 0.15) is 34.0 Å². The third-order valence-corrected chi connectivity index (χ3v) is 4.78. The lowest BCUT2D eigenvalue weighted by molar-refractivity contribution is -0.140. The van der Waals surface area contributed by atoms with Gasteiger partial charge < -0.3 is 9.80 Å². The average Bonchev–Trinajstić information content (AvgIpc) is 2.67. The minimum Gasteiger partial charge on any atom is -0.335 e. The van der Waals surface area contributed by atoms with E-state index < -0.39 is 6.04 Å². The molecule has 132 valence electrons. The highest BCUT2D eigenvalue weighted by molar-refractivity contribution is 5.99. The normalized spacial score (nSPS) is 17.1. The van der Waals surface area contributed by atoms with Crippen LogP contribution in [-0.4, -0.2) is 40.7 Å². The highest BCUT2D eigenvalue weighted by Crippen LogP contribution is 2.19. The molecule has 1 aliphatic heterocycles. The fourth-order valence-corrected chi connectivity index (χ4v) is 3.20. The van der Waals surface area contributed by atoms with Gasteiger partial charge in [0.15, 0.2) is 0 Å². The van der Waals surface area contributed by atoms with Crippen molar-refractivity contribution in [1.82, 2.24) is 9.80 Å². The van der Waals surface area contributed by atoms with Crippen molar-refractivity contribution in [1.29, 1.82) is 5.26 Å². The zero-order valence-corrected chi connectivity index (χ0v) is 15.0. The van der Waals surface area contributed by atoms with Gasteiger partial charge in [-0.2, -0.15) is 5.26 Å². The monoisotopic (exact) mass is 347 g/mol. The van der Waals surface area contributed by atoms with Gasteiger partial charge in [0.25, 0.3) is 5.91 Å². The van der Waals surface area contributed by atoms with Crippen molar-refractivity contribution in [3.63, 3.8) is 0 Å². The number of hydrogen-bond donors (Lipinski definition) is 0. The first-order valence-corrected chi connectivity index (χ1v) is 8.65. The van der Waals surface area contributed by atoms with Crippen LogP contribution in [0, 0.1) is 18.3 Å². The van der Waals surface area contributed by atoms with Crippen molar-refractivity contribution in [2.24, 2.45) is 0 Å². The summed E-state index contributed by atoms with van der Waals surface area (Å²) in [6.45, 7) is 5.26. The molecule has 2 aromatic rings. The van der Waals surface area contributed by atoms with Crippen LogP contribution in [-0.2, 0) is 11.3 Å². The van der Waals surface area contributed by atoms with Crippen LogP contribution in [0.2, 0.25) is 0 Å². The molecule has 0 aliphatic carbocycles. The van der Waals surface area contributed by atoms with Crippen molar-refractivity contribution < 1.29 is 9.59 Å². The van der Waals surface area contributed by atoms with Crippen LogP contribution in [0.5, 0.6) is 0 Å². The molecule has 1 atom stereocenters. The van der Waals surface area contributed by atoms with Gasteiger partial charge in [-0.05, 0) is 31.5 Å². The molecule has 0 spiro atoms. The summed E-state index contributed by atoms with van der Waals surface area (Å²) in [5.41, 5.74) is 2.94. The number of carbonyl (C=O) groups excluding carboxylic acids is 2. The van der Waals surface area contributed by atoms with Crippen LogP contribution in [0.4, 0.5) is 0 Å². The Morgan fingerprint density at radius 3 is 2.54 bits per heavy atom. The van der Waals surface area contributed by atoms with Crippen molar-refractivity contribution in [2.75, 3.05) is 13.1 Å². The minimum atomic E-state index is -0.548. The molecule has 0 radical (unpaired) electrons. The Kier molecular flexibility index (Phi) is 5.04. The lowest BCUT2D eigenvalue weighted by Gasteiger charge is -2.39. The SMILES string of the molecule is Cc1ccc(CN2CCN(C(=O)c3ccccc3C#N)[C@@H](C)C2=O)cc1. The van der Waals surface area contributed by atoms with E-state index in [1.807, 2.05) is 37.3 Å². The zero-order valence-electron chi connectivity index (χ0n) is 15.0. The Labute approximate surface area is 153 Å². The summed E-state index contributed by atoms with van der Waals surface area (Å²) in [4.78, 5) is 29.0. The summed E-state index contributed by atoms with van der Waals surface area (Å²) in [5.74, 6) is -0.336. The van der Waals surface area contributed by atoms with E-state index in [-0.39, 0.29) is 11.8 Å². The zero-order chi connectivity index (χ0) is 18.7. The molecule has 1 heterocycles. The van der Waals surface area contributed by atoms with Crippen molar-refractivity contribution in [3.8, 4) is 6.07 Å². The van der Waals surface area contributed by atoms with Crippen LogP contribution in [0.3, 0.4) is 0 Å². The molecule has 1 saturated heterocycles. The summed E-state index contributed by atoms with van der Waals surface area (Å²) >= 11 is 0. The molecule has 0 unspecified atom stereocenters. The van der Waals surface area contributed by atoms with Gasteiger partial charge in [0.1, 0.15) is 6.04 Å². The summed E-state index contributed by atoms with van der Waals surface area (Å²) in [7, 11) is 0. The molecule has 2 aromatic carbocycles. The average molecular weight is 347 g/mol. The number of nitriles is 1. The number of benzene rings is 2. The second-order valence-electron chi connectivity index (χ2n) is 6.58. The number of nitrogens with zero attached hydrogens (tertiary/aromatic N) is 3. The van der Waals surface area contributed by atoms with Crippen LogP contribution < -0.4 is 0 Å². The van der Waals surface area contributed by atoms with E-state index >= 15 is 0 Å². The van der Waals surface area contributed by atoms with Gasteiger partial charge >= 0.3 is 0 Å². The lowest BCUT2D eigenvalue weighted by atomic mass is 10.0. The maximum Gasteiger partial charge on any atom is 0.255 e. The quantitative estimate of drug-likeness (QED) is 0.857. The molecule has 5 nitrogen and oxygen atoms in total. The van der Waals surface area contributed by atoms with E-state index in [4.69, 9.17) is 0 Å². The molecule has 0 bridgehead atoms. The number of amides is 2. The summed E-state index contributed by atoms with van der Waals surface area (Å²) < 4.78 is 0. The first-order chi connectivity index (χ1) is 12.5. The molecule has 5 heteroatoms. The van der Waals surface area contributed by atoms with Gasteiger partial charge in [0.2, 0.25) is 5.91 Å². The van der Waals surface area contributed by atoms with Crippen LogP contribution in [0.15, 0.2) is 48.5 Å². The molecular formula is C21H21N3O2. The molecule has 0 N–H and O–H groups in total. The third kappa shape index (κ3) is 3.45. The molecule has 0 saturated carbocycles. The van der Waals surface area contributed by atoms with E-state index in [0.717, 1.165) is 5.56 Å². The van der Waals surface area contributed by atoms with Crippen molar-refractivity contribution >= 4 is 11.8 Å². The Morgan fingerprint density at radius 1 is 1.15 bits per heavy atom. The van der Waals surface area contributed by atoms with Gasteiger partial charge in [0, 0.05) is 19.6 Å². The fourth-order valence-electron chi connectivity index (χ4n) is 3.20. The molecule has 3 rings (SSSR count). The Morgan fingerprint density at radius 2 is 1.85 bits per heavy atom. The molecule has 1 aliphatic rings. The maximum atomic E-state index is 12.8. The van der Waals surface area contributed by atoms with Crippen molar-refractivity contribution in [2.45, 2.75) is 26.4 Å². The van der Waals surface area contributed by atoms with Crippen LogP contribution in [0.25, 0.3) is 0 Å². The number of aryl methyl sites for hydroxylation is 1.